The fourth-order valence-corrected chi connectivity index (χ4v) is 8.15. The molecule has 0 heterocycles. The zero-order valence-corrected chi connectivity index (χ0v) is 21.9. The maximum atomic E-state index is 15.2. The Morgan fingerprint density at radius 3 is 1.89 bits per heavy atom. The van der Waals surface area contributed by atoms with E-state index < -0.39 is 41.4 Å². The summed E-state index contributed by atoms with van der Waals surface area (Å²) in [5.41, 5.74) is 0.973. The highest BCUT2D eigenvalue weighted by Crippen LogP contribution is 2.50. The van der Waals surface area contributed by atoms with Gasteiger partial charge >= 0.3 is 0 Å². The molecule has 0 aromatic heterocycles. The molecule has 0 saturated heterocycles. The molecule has 0 N–H and O–H groups in total. The molecule has 5 unspecified atom stereocenters. The summed E-state index contributed by atoms with van der Waals surface area (Å²) in [5, 5.41) is 0. The standard InChI is InChI=1S/C31H44F4O/c1-19-26(32)28(34)31(29(35)27(19)33)36-30-24(21-13-7-3-8-14-21)17-23(20-11-5-2-6-12-20)18-25(30)22-15-9-4-10-16-22/h17,20-22,24-25,28,30-31H,2-16,18H2,1H3. The Hall–Kier alpha value is -1.10. The normalized spacial score (nSPS) is 36.4. The third kappa shape index (κ3) is 5.38. The van der Waals surface area contributed by atoms with Gasteiger partial charge in [0.2, 0.25) is 0 Å². The molecule has 3 saturated carbocycles. The van der Waals surface area contributed by atoms with Gasteiger partial charge in [-0.3, -0.25) is 0 Å². The summed E-state index contributed by atoms with van der Waals surface area (Å²) < 4.78 is 65.7. The first-order chi connectivity index (χ1) is 17.5. The molecule has 0 aromatic carbocycles. The van der Waals surface area contributed by atoms with Crippen LogP contribution in [0.25, 0.3) is 0 Å². The number of allylic oxidation sites excluding steroid dienone is 3. The summed E-state index contributed by atoms with van der Waals surface area (Å²) in [4.78, 5) is 0. The molecule has 5 aliphatic rings. The molecule has 5 rings (SSSR count). The van der Waals surface area contributed by atoms with Crippen LogP contribution in [-0.2, 0) is 4.74 Å². The molecule has 0 spiro atoms. The van der Waals surface area contributed by atoms with Gasteiger partial charge in [-0.05, 0) is 62.7 Å². The van der Waals surface area contributed by atoms with E-state index in [4.69, 9.17) is 4.74 Å². The van der Waals surface area contributed by atoms with Gasteiger partial charge in [-0.15, -0.1) is 0 Å². The lowest BCUT2D eigenvalue weighted by Gasteiger charge is -2.48. The zero-order chi connectivity index (χ0) is 25.2. The SMILES string of the molecule is CC1=C(F)C(F)C(OC2C(C3CCCCC3)C=C(C3CCCCC3)CC2C2CCCCC2)C(F)=C1F. The topological polar surface area (TPSA) is 9.23 Å². The summed E-state index contributed by atoms with van der Waals surface area (Å²) in [5.74, 6) is -2.08. The maximum absolute atomic E-state index is 15.2. The first kappa shape index (κ1) is 26.5. The van der Waals surface area contributed by atoms with Crippen LogP contribution in [0.5, 0.6) is 0 Å². The number of halogens is 4. The first-order valence-corrected chi connectivity index (χ1v) is 14.9. The second-order valence-corrected chi connectivity index (χ2v) is 12.4. The van der Waals surface area contributed by atoms with E-state index >= 15 is 8.78 Å². The highest BCUT2D eigenvalue weighted by molar-refractivity contribution is 5.37. The summed E-state index contributed by atoms with van der Waals surface area (Å²) in [6, 6.07) is 0. The van der Waals surface area contributed by atoms with Gasteiger partial charge in [-0.25, -0.2) is 17.6 Å². The van der Waals surface area contributed by atoms with E-state index in [0.717, 1.165) is 39.0 Å². The molecule has 1 nitrogen and oxygen atoms in total. The van der Waals surface area contributed by atoms with Crippen LogP contribution in [0.3, 0.4) is 0 Å². The van der Waals surface area contributed by atoms with Gasteiger partial charge in [0, 0.05) is 11.5 Å². The van der Waals surface area contributed by atoms with E-state index in [1.54, 1.807) is 5.57 Å². The Bertz CT molecular complexity index is 858. The summed E-state index contributed by atoms with van der Waals surface area (Å²) in [7, 11) is 0. The second-order valence-electron chi connectivity index (χ2n) is 12.4. The quantitative estimate of drug-likeness (QED) is 0.265. The molecule has 0 aromatic rings. The van der Waals surface area contributed by atoms with Crippen LogP contribution in [0.15, 0.2) is 34.7 Å². The molecule has 0 bridgehead atoms. The van der Waals surface area contributed by atoms with Crippen molar-refractivity contribution < 1.29 is 22.3 Å². The molecule has 5 atom stereocenters. The van der Waals surface area contributed by atoms with Crippen molar-refractivity contribution in [3.63, 3.8) is 0 Å². The highest BCUT2D eigenvalue weighted by Gasteiger charge is 2.48. The van der Waals surface area contributed by atoms with Crippen molar-refractivity contribution in [3.05, 3.63) is 34.7 Å². The predicted octanol–water partition coefficient (Wildman–Crippen LogP) is 9.79. The van der Waals surface area contributed by atoms with Crippen molar-refractivity contribution in [2.75, 3.05) is 0 Å². The Labute approximate surface area is 214 Å². The second kappa shape index (κ2) is 11.7. The smallest absolute Gasteiger partial charge is 0.184 e. The Balaban J connectivity index is 1.50. The monoisotopic (exact) mass is 508 g/mol. The molecule has 202 valence electrons. The van der Waals surface area contributed by atoms with Crippen molar-refractivity contribution in [2.24, 2.45) is 29.6 Å². The van der Waals surface area contributed by atoms with E-state index in [1.807, 2.05) is 0 Å². The Morgan fingerprint density at radius 1 is 0.722 bits per heavy atom. The fourth-order valence-electron chi connectivity index (χ4n) is 8.15. The van der Waals surface area contributed by atoms with E-state index in [2.05, 4.69) is 6.08 Å². The van der Waals surface area contributed by atoms with Crippen molar-refractivity contribution in [1.82, 2.24) is 0 Å². The summed E-state index contributed by atoms with van der Waals surface area (Å²) >= 11 is 0. The van der Waals surface area contributed by atoms with Crippen LogP contribution in [0.4, 0.5) is 17.6 Å². The molecule has 0 aliphatic heterocycles. The Kier molecular flexibility index (Phi) is 8.65. The molecule has 5 aliphatic carbocycles. The molecule has 0 radical (unpaired) electrons. The lowest BCUT2D eigenvalue weighted by molar-refractivity contribution is -0.112. The minimum Gasteiger partial charge on any atom is -0.363 e. The van der Waals surface area contributed by atoms with Crippen molar-refractivity contribution >= 4 is 0 Å². The fraction of sp³-hybridized carbons (Fsp3) is 0.806. The van der Waals surface area contributed by atoms with Crippen LogP contribution in [0, 0.1) is 29.6 Å². The third-order valence-electron chi connectivity index (χ3n) is 10.2. The largest absolute Gasteiger partial charge is 0.363 e. The minimum absolute atomic E-state index is 0.0704. The van der Waals surface area contributed by atoms with Gasteiger partial charge in [0.25, 0.3) is 0 Å². The van der Waals surface area contributed by atoms with E-state index in [1.165, 1.54) is 70.6 Å². The first-order valence-electron chi connectivity index (χ1n) is 14.9. The molecular formula is C31H44F4O. The molecule has 36 heavy (non-hydrogen) atoms. The maximum Gasteiger partial charge on any atom is 0.184 e. The van der Waals surface area contributed by atoms with Gasteiger partial charge in [-0.2, -0.15) is 0 Å². The predicted molar refractivity (Wildman–Crippen MR) is 136 cm³/mol. The number of hydrogen-bond donors (Lipinski definition) is 0. The van der Waals surface area contributed by atoms with Crippen LogP contribution in [-0.4, -0.2) is 18.4 Å². The third-order valence-corrected chi connectivity index (χ3v) is 10.2. The number of hydrogen-bond acceptors (Lipinski definition) is 1. The van der Waals surface area contributed by atoms with Crippen molar-refractivity contribution in [1.29, 1.82) is 0 Å². The molecule has 5 heteroatoms. The van der Waals surface area contributed by atoms with Crippen molar-refractivity contribution in [2.45, 2.75) is 128 Å². The van der Waals surface area contributed by atoms with Crippen LogP contribution in [0.1, 0.15) is 110 Å². The van der Waals surface area contributed by atoms with Gasteiger partial charge in [0.1, 0.15) is 11.9 Å². The van der Waals surface area contributed by atoms with Crippen LogP contribution >= 0.6 is 0 Å². The number of ether oxygens (including phenoxy) is 1. The molecule has 3 fully saturated rings. The highest BCUT2D eigenvalue weighted by atomic mass is 19.2. The Morgan fingerprint density at radius 2 is 1.28 bits per heavy atom. The molecule has 0 amide bonds. The van der Waals surface area contributed by atoms with E-state index in [-0.39, 0.29) is 11.8 Å². The van der Waals surface area contributed by atoms with E-state index in [9.17, 15) is 8.78 Å². The van der Waals surface area contributed by atoms with Crippen LogP contribution in [0.2, 0.25) is 0 Å². The zero-order valence-electron chi connectivity index (χ0n) is 21.9. The van der Waals surface area contributed by atoms with Gasteiger partial charge in [0.15, 0.2) is 17.8 Å². The van der Waals surface area contributed by atoms with E-state index in [0.29, 0.717) is 17.8 Å². The summed E-state index contributed by atoms with van der Waals surface area (Å²) in [6.45, 7) is 1.10. The number of alkyl halides is 1. The van der Waals surface area contributed by atoms with Gasteiger partial charge < -0.3 is 4.74 Å². The lowest BCUT2D eigenvalue weighted by Crippen LogP contribution is -2.47. The van der Waals surface area contributed by atoms with Crippen LogP contribution < -0.4 is 0 Å². The molecular weight excluding hydrogens is 464 g/mol. The lowest BCUT2D eigenvalue weighted by atomic mass is 9.62. The average Bonchev–Trinajstić information content (AvgIpc) is 2.94. The average molecular weight is 509 g/mol. The minimum atomic E-state index is -2.28. The summed E-state index contributed by atoms with van der Waals surface area (Å²) in [6.07, 6.45) is 16.8. The van der Waals surface area contributed by atoms with Crippen molar-refractivity contribution in [3.8, 4) is 0 Å². The van der Waals surface area contributed by atoms with Gasteiger partial charge in [-0.1, -0.05) is 82.3 Å². The number of rotatable bonds is 5. The van der Waals surface area contributed by atoms with Gasteiger partial charge in [0.05, 0.1) is 6.10 Å².